The molecule has 0 bridgehead atoms. The molecule has 176 valence electrons. The summed E-state index contributed by atoms with van der Waals surface area (Å²) in [6.07, 6.45) is 22.5. The first-order chi connectivity index (χ1) is 14.6. The van der Waals surface area contributed by atoms with E-state index in [2.05, 4.69) is 19.9 Å². The molecule has 1 atom stereocenters. The second-order valence-electron chi connectivity index (χ2n) is 8.42. The summed E-state index contributed by atoms with van der Waals surface area (Å²) >= 11 is 0. The number of hydrogen-bond acceptors (Lipinski definition) is 4. The lowest BCUT2D eigenvalue weighted by molar-refractivity contribution is -0.152. The molecule has 4 heteroatoms. The summed E-state index contributed by atoms with van der Waals surface area (Å²) in [7, 11) is 0. The quantitative estimate of drug-likeness (QED) is 0.108. The molecule has 1 unspecified atom stereocenters. The van der Waals surface area contributed by atoms with Gasteiger partial charge in [-0.1, -0.05) is 96.6 Å². The molecule has 0 amide bonds. The van der Waals surface area contributed by atoms with E-state index in [-0.39, 0.29) is 30.9 Å². The number of carbonyl (C=O) groups is 2. The highest BCUT2D eigenvalue weighted by atomic mass is 16.5. The van der Waals surface area contributed by atoms with Crippen LogP contribution < -0.4 is 0 Å². The Labute approximate surface area is 186 Å². The van der Waals surface area contributed by atoms with Gasteiger partial charge < -0.3 is 9.47 Å². The molecule has 0 heterocycles. The van der Waals surface area contributed by atoms with E-state index in [0.717, 1.165) is 19.3 Å². The van der Waals surface area contributed by atoms with Gasteiger partial charge in [-0.25, -0.2) is 0 Å². The van der Waals surface area contributed by atoms with Crippen molar-refractivity contribution in [2.45, 2.75) is 136 Å². The number of esters is 2. The Morgan fingerprint density at radius 3 is 1.87 bits per heavy atom. The Morgan fingerprint density at radius 1 is 0.700 bits per heavy atom. The van der Waals surface area contributed by atoms with Crippen molar-refractivity contribution in [2.75, 3.05) is 6.61 Å². The molecule has 0 aromatic heterocycles. The first-order valence-corrected chi connectivity index (χ1v) is 12.6. The van der Waals surface area contributed by atoms with E-state index in [1.807, 2.05) is 13.0 Å². The molecule has 0 aliphatic heterocycles. The average Bonchev–Trinajstić information content (AvgIpc) is 2.73. The average molecular weight is 425 g/mol. The number of allylic oxidation sites excluding steroid dienone is 1. The maximum atomic E-state index is 11.8. The van der Waals surface area contributed by atoms with Crippen LogP contribution in [0.1, 0.15) is 130 Å². The standard InChI is InChI=1S/C26H48O4/c1-4-6-8-10-12-13-14-15-17-19-23-29-25(27)21-22-26(28)30-24(3)20-18-16-11-9-7-5-2/h17,19,24H,4-16,18,20-23H2,1-3H3/b19-17+. The third-order valence-corrected chi connectivity index (χ3v) is 5.31. The predicted octanol–water partition coefficient (Wildman–Crippen LogP) is 7.69. The first kappa shape index (κ1) is 28.7. The van der Waals surface area contributed by atoms with E-state index in [0.29, 0.717) is 6.61 Å². The van der Waals surface area contributed by atoms with Gasteiger partial charge in [-0.2, -0.15) is 0 Å². The Morgan fingerprint density at radius 2 is 1.23 bits per heavy atom. The van der Waals surface area contributed by atoms with E-state index in [1.165, 1.54) is 77.0 Å². The van der Waals surface area contributed by atoms with Crippen molar-refractivity contribution < 1.29 is 19.1 Å². The summed E-state index contributed by atoms with van der Waals surface area (Å²) in [5, 5.41) is 0. The number of carbonyl (C=O) groups excluding carboxylic acids is 2. The molecular formula is C26H48O4. The van der Waals surface area contributed by atoms with Crippen LogP contribution in [0.3, 0.4) is 0 Å². The highest BCUT2D eigenvalue weighted by Gasteiger charge is 2.12. The second-order valence-corrected chi connectivity index (χ2v) is 8.42. The maximum Gasteiger partial charge on any atom is 0.306 e. The maximum absolute atomic E-state index is 11.8. The Balaban J connectivity index is 3.54. The summed E-state index contributed by atoms with van der Waals surface area (Å²) in [5.41, 5.74) is 0. The highest BCUT2D eigenvalue weighted by molar-refractivity contribution is 5.77. The van der Waals surface area contributed by atoms with Gasteiger partial charge >= 0.3 is 11.9 Å². The zero-order chi connectivity index (χ0) is 22.3. The fourth-order valence-electron chi connectivity index (χ4n) is 3.38. The molecule has 0 aromatic rings. The fraction of sp³-hybridized carbons (Fsp3) is 0.846. The molecule has 0 N–H and O–H groups in total. The third kappa shape index (κ3) is 21.4. The van der Waals surface area contributed by atoms with Crippen LogP contribution >= 0.6 is 0 Å². The minimum absolute atomic E-state index is 0.0747. The van der Waals surface area contributed by atoms with E-state index in [4.69, 9.17) is 9.47 Å². The fourth-order valence-corrected chi connectivity index (χ4v) is 3.38. The van der Waals surface area contributed by atoms with Gasteiger partial charge in [0, 0.05) is 0 Å². The van der Waals surface area contributed by atoms with E-state index in [1.54, 1.807) is 0 Å². The van der Waals surface area contributed by atoms with Crippen molar-refractivity contribution in [1.29, 1.82) is 0 Å². The summed E-state index contributed by atoms with van der Waals surface area (Å²) in [5.74, 6) is -0.643. The number of rotatable bonds is 21. The van der Waals surface area contributed by atoms with Crippen LogP contribution in [0.5, 0.6) is 0 Å². The van der Waals surface area contributed by atoms with Gasteiger partial charge in [0.05, 0.1) is 18.9 Å². The van der Waals surface area contributed by atoms with Gasteiger partial charge in [-0.05, 0) is 32.6 Å². The summed E-state index contributed by atoms with van der Waals surface area (Å²) in [6, 6.07) is 0. The minimum Gasteiger partial charge on any atom is -0.463 e. The molecule has 0 saturated carbocycles. The highest BCUT2D eigenvalue weighted by Crippen LogP contribution is 2.11. The second kappa shape index (κ2) is 22.4. The van der Waals surface area contributed by atoms with Crippen LogP contribution in [0.15, 0.2) is 12.2 Å². The largest absolute Gasteiger partial charge is 0.463 e. The van der Waals surface area contributed by atoms with Crippen molar-refractivity contribution in [3.8, 4) is 0 Å². The van der Waals surface area contributed by atoms with Crippen molar-refractivity contribution in [3.63, 3.8) is 0 Å². The lowest BCUT2D eigenvalue weighted by Gasteiger charge is -2.13. The predicted molar refractivity (Wildman–Crippen MR) is 125 cm³/mol. The Bertz CT molecular complexity index is 431. The summed E-state index contributed by atoms with van der Waals surface area (Å²) < 4.78 is 10.5. The van der Waals surface area contributed by atoms with E-state index < -0.39 is 0 Å². The number of unbranched alkanes of at least 4 members (excludes halogenated alkanes) is 12. The summed E-state index contributed by atoms with van der Waals surface area (Å²) in [6.45, 7) is 6.67. The molecule has 4 nitrogen and oxygen atoms in total. The molecule has 0 radical (unpaired) electrons. The zero-order valence-corrected chi connectivity index (χ0v) is 20.1. The van der Waals surface area contributed by atoms with Crippen LogP contribution in [0.4, 0.5) is 0 Å². The lowest BCUT2D eigenvalue weighted by Crippen LogP contribution is -2.16. The minimum atomic E-state index is -0.337. The SMILES string of the molecule is CCCCCCCCC/C=C/COC(=O)CCC(=O)OC(C)CCCCCCCC. The van der Waals surface area contributed by atoms with Crippen molar-refractivity contribution in [1.82, 2.24) is 0 Å². The normalized spacial score (nSPS) is 12.2. The van der Waals surface area contributed by atoms with Crippen LogP contribution in [-0.2, 0) is 19.1 Å². The number of ether oxygens (including phenoxy) is 2. The molecule has 30 heavy (non-hydrogen) atoms. The Kier molecular flexibility index (Phi) is 21.4. The molecule has 0 spiro atoms. The zero-order valence-electron chi connectivity index (χ0n) is 20.1. The Hall–Kier alpha value is -1.32. The van der Waals surface area contributed by atoms with E-state index in [9.17, 15) is 9.59 Å². The summed E-state index contributed by atoms with van der Waals surface area (Å²) in [4.78, 5) is 23.6. The topological polar surface area (TPSA) is 52.6 Å². The van der Waals surface area contributed by atoms with Crippen molar-refractivity contribution >= 4 is 11.9 Å². The van der Waals surface area contributed by atoms with E-state index >= 15 is 0 Å². The molecular weight excluding hydrogens is 376 g/mol. The third-order valence-electron chi connectivity index (χ3n) is 5.31. The molecule has 0 aliphatic rings. The van der Waals surface area contributed by atoms with Gasteiger partial charge in [-0.15, -0.1) is 0 Å². The van der Waals surface area contributed by atoms with Gasteiger partial charge in [0.1, 0.15) is 6.61 Å². The van der Waals surface area contributed by atoms with Crippen molar-refractivity contribution in [3.05, 3.63) is 12.2 Å². The van der Waals surface area contributed by atoms with Gasteiger partial charge in [0.2, 0.25) is 0 Å². The van der Waals surface area contributed by atoms with Crippen molar-refractivity contribution in [2.24, 2.45) is 0 Å². The smallest absolute Gasteiger partial charge is 0.306 e. The lowest BCUT2D eigenvalue weighted by atomic mass is 10.1. The first-order valence-electron chi connectivity index (χ1n) is 12.6. The van der Waals surface area contributed by atoms with Crippen LogP contribution in [0.25, 0.3) is 0 Å². The molecule has 0 fully saturated rings. The van der Waals surface area contributed by atoms with Gasteiger partial charge in [0.15, 0.2) is 0 Å². The molecule has 0 aromatic carbocycles. The van der Waals surface area contributed by atoms with Crippen LogP contribution in [0, 0.1) is 0 Å². The molecule has 0 aliphatic carbocycles. The van der Waals surface area contributed by atoms with Gasteiger partial charge in [-0.3, -0.25) is 9.59 Å². The van der Waals surface area contributed by atoms with Gasteiger partial charge in [0.25, 0.3) is 0 Å². The number of hydrogen-bond donors (Lipinski definition) is 0. The monoisotopic (exact) mass is 424 g/mol. The molecule has 0 saturated heterocycles. The van der Waals surface area contributed by atoms with Crippen LogP contribution in [-0.4, -0.2) is 24.6 Å². The van der Waals surface area contributed by atoms with Crippen LogP contribution in [0.2, 0.25) is 0 Å². The molecule has 0 rings (SSSR count).